The summed E-state index contributed by atoms with van der Waals surface area (Å²) in [4.78, 5) is 21.4. The maximum Gasteiger partial charge on any atom is 0.338 e. The van der Waals surface area contributed by atoms with Gasteiger partial charge < -0.3 is 5.11 Å². The number of rotatable bonds is 5. The number of nitrogens with zero attached hydrogens (tertiary/aromatic N) is 1. The van der Waals surface area contributed by atoms with Gasteiger partial charge in [0.2, 0.25) is 0 Å². The van der Waals surface area contributed by atoms with Gasteiger partial charge in [0.15, 0.2) is 0 Å². The van der Waals surface area contributed by atoms with Gasteiger partial charge in [-0.3, -0.25) is 10.1 Å². The van der Waals surface area contributed by atoms with Crippen LogP contribution in [0.4, 0.5) is 10.1 Å². The van der Waals surface area contributed by atoms with E-state index in [0.717, 1.165) is 31.7 Å². The van der Waals surface area contributed by atoms with Crippen molar-refractivity contribution in [2.45, 2.75) is 30.6 Å². The lowest BCUT2D eigenvalue weighted by molar-refractivity contribution is -0.387. The summed E-state index contributed by atoms with van der Waals surface area (Å²) in [5, 5.41) is 19.8. The number of benzene rings is 1. The summed E-state index contributed by atoms with van der Waals surface area (Å²) < 4.78 is 13.5. The van der Waals surface area contributed by atoms with Crippen molar-refractivity contribution < 1.29 is 19.2 Å². The Morgan fingerprint density at radius 3 is 2.65 bits per heavy atom. The van der Waals surface area contributed by atoms with Crippen molar-refractivity contribution in [2.24, 2.45) is 5.92 Å². The summed E-state index contributed by atoms with van der Waals surface area (Å²) in [5.74, 6) is -1.29. The molecule has 0 aliphatic heterocycles. The Morgan fingerprint density at radius 2 is 2.10 bits per heavy atom. The van der Waals surface area contributed by atoms with Crippen molar-refractivity contribution >= 4 is 23.4 Å². The average Bonchev–Trinajstić information content (AvgIpc) is 2.89. The maximum atomic E-state index is 13.5. The van der Waals surface area contributed by atoms with Crippen LogP contribution in [0.5, 0.6) is 0 Å². The fraction of sp³-hybridized carbons (Fsp3) is 0.462. The molecule has 0 amide bonds. The number of thioether (sulfide) groups is 1. The fourth-order valence-corrected chi connectivity index (χ4v) is 3.58. The van der Waals surface area contributed by atoms with Gasteiger partial charge in [-0.25, -0.2) is 9.18 Å². The standard InChI is InChI=1S/C13H14FNO4S/c14-10-6-11(15(18)19)12(5-9(10)13(16)17)20-7-8-3-1-2-4-8/h5-6,8H,1-4,7H2,(H,16,17). The molecule has 1 N–H and O–H groups in total. The Bertz CT molecular complexity index is 543. The first kappa shape index (κ1) is 14.8. The summed E-state index contributed by atoms with van der Waals surface area (Å²) in [7, 11) is 0. The second-order valence-electron chi connectivity index (χ2n) is 4.82. The van der Waals surface area contributed by atoms with E-state index in [1.165, 1.54) is 11.8 Å². The van der Waals surface area contributed by atoms with Gasteiger partial charge >= 0.3 is 5.97 Å². The molecule has 1 aromatic rings. The van der Waals surface area contributed by atoms with Gasteiger partial charge in [-0.05, 0) is 24.8 Å². The van der Waals surface area contributed by atoms with Gasteiger partial charge in [0, 0.05) is 5.75 Å². The van der Waals surface area contributed by atoms with Crippen LogP contribution >= 0.6 is 11.8 Å². The summed E-state index contributed by atoms with van der Waals surface area (Å²) in [5.41, 5.74) is -0.889. The Kier molecular flexibility index (Phi) is 4.59. The zero-order valence-electron chi connectivity index (χ0n) is 10.7. The monoisotopic (exact) mass is 299 g/mol. The molecule has 0 aromatic heterocycles. The molecule has 0 radical (unpaired) electrons. The minimum Gasteiger partial charge on any atom is -0.478 e. The molecule has 1 aliphatic rings. The fourth-order valence-electron chi connectivity index (χ4n) is 2.35. The molecular weight excluding hydrogens is 285 g/mol. The highest BCUT2D eigenvalue weighted by Gasteiger charge is 2.23. The molecule has 2 rings (SSSR count). The number of nitro groups is 1. The Balaban J connectivity index is 2.25. The normalized spacial score (nSPS) is 15.4. The third kappa shape index (κ3) is 3.27. The molecule has 1 fully saturated rings. The molecule has 7 heteroatoms. The predicted octanol–water partition coefficient (Wildman–Crippen LogP) is 3.71. The Hall–Kier alpha value is -1.63. The molecule has 0 saturated heterocycles. The lowest BCUT2D eigenvalue weighted by Gasteiger charge is -2.09. The number of carboxylic acids is 1. The highest BCUT2D eigenvalue weighted by Crippen LogP contribution is 2.36. The lowest BCUT2D eigenvalue weighted by atomic mass is 10.1. The van der Waals surface area contributed by atoms with Gasteiger partial charge in [0.05, 0.1) is 21.4 Å². The minimum absolute atomic E-state index is 0.223. The van der Waals surface area contributed by atoms with Crippen molar-refractivity contribution in [3.05, 3.63) is 33.6 Å². The van der Waals surface area contributed by atoms with E-state index in [1.54, 1.807) is 0 Å². The van der Waals surface area contributed by atoms with Gasteiger partial charge in [0.25, 0.3) is 5.69 Å². The molecule has 5 nitrogen and oxygen atoms in total. The topological polar surface area (TPSA) is 80.4 Å². The molecule has 0 atom stereocenters. The van der Waals surface area contributed by atoms with Crippen LogP contribution < -0.4 is 0 Å². The van der Waals surface area contributed by atoms with Crippen molar-refractivity contribution in [1.29, 1.82) is 0 Å². The van der Waals surface area contributed by atoms with Gasteiger partial charge in [-0.1, -0.05) is 12.8 Å². The third-order valence-corrected chi connectivity index (χ3v) is 4.70. The summed E-state index contributed by atoms with van der Waals surface area (Å²) >= 11 is 1.24. The van der Waals surface area contributed by atoms with Crippen LogP contribution in [0.25, 0.3) is 0 Å². The number of hydrogen-bond acceptors (Lipinski definition) is 4. The lowest BCUT2D eigenvalue weighted by Crippen LogP contribution is -2.04. The maximum absolute atomic E-state index is 13.5. The van der Waals surface area contributed by atoms with Crippen molar-refractivity contribution in [3.63, 3.8) is 0 Å². The summed E-state index contributed by atoms with van der Waals surface area (Å²) in [6.45, 7) is 0. The van der Waals surface area contributed by atoms with Crippen LogP contribution in [0.15, 0.2) is 17.0 Å². The largest absolute Gasteiger partial charge is 0.478 e. The molecule has 1 aromatic carbocycles. The van der Waals surface area contributed by atoms with Crippen molar-refractivity contribution in [2.75, 3.05) is 5.75 Å². The van der Waals surface area contributed by atoms with E-state index in [-0.39, 0.29) is 10.6 Å². The molecular formula is C13H14FNO4S. The molecule has 108 valence electrons. The summed E-state index contributed by atoms with van der Waals surface area (Å²) in [6.07, 6.45) is 4.51. The summed E-state index contributed by atoms with van der Waals surface area (Å²) in [6, 6.07) is 1.76. The smallest absolute Gasteiger partial charge is 0.338 e. The predicted molar refractivity (Wildman–Crippen MR) is 72.7 cm³/mol. The molecule has 1 saturated carbocycles. The molecule has 0 bridgehead atoms. The number of halogens is 1. The van der Waals surface area contributed by atoms with E-state index < -0.39 is 22.3 Å². The van der Waals surface area contributed by atoms with Gasteiger partial charge in [-0.2, -0.15) is 0 Å². The van der Waals surface area contributed by atoms with Crippen LogP contribution in [0.1, 0.15) is 36.0 Å². The van der Waals surface area contributed by atoms with E-state index >= 15 is 0 Å². The quantitative estimate of drug-likeness (QED) is 0.509. The van der Waals surface area contributed by atoms with Crippen LogP contribution in [0.3, 0.4) is 0 Å². The van der Waals surface area contributed by atoms with E-state index in [4.69, 9.17) is 5.11 Å². The van der Waals surface area contributed by atoms with E-state index in [2.05, 4.69) is 0 Å². The number of carbonyl (C=O) groups is 1. The van der Waals surface area contributed by atoms with Gasteiger partial charge in [-0.15, -0.1) is 11.8 Å². The number of hydrogen-bond donors (Lipinski definition) is 1. The second kappa shape index (κ2) is 6.21. The minimum atomic E-state index is -1.42. The average molecular weight is 299 g/mol. The van der Waals surface area contributed by atoms with Crippen LogP contribution in [-0.2, 0) is 0 Å². The van der Waals surface area contributed by atoms with Crippen LogP contribution in [0.2, 0.25) is 0 Å². The highest BCUT2D eigenvalue weighted by atomic mass is 32.2. The van der Waals surface area contributed by atoms with E-state index in [0.29, 0.717) is 17.7 Å². The van der Waals surface area contributed by atoms with E-state index in [9.17, 15) is 19.3 Å². The van der Waals surface area contributed by atoms with Crippen LogP contribution in [0, 0.1) is 21.8 Å². The Labute approximate surface area is 119 Å². The van der Waals surface area contributed by atoms with Gasteiger partial charge in [0.1, 0.15) is 5.82 Å². The first-order valence-corrected chi connectivity index (χ1v) is 7.31. The Morgan fingerprint density at radius 1 is 1.45 bits per heavy atom. The highest BCUT2D eigenvalue weighted by molar-refractivity contribution is 7.99. The number of aromatic carboxylic acids is 1. The van der Waals surface area contributed by atoms with Crippen LogP contribution in [-0.4, -0.2) is 21.8 Å². The zero-order valence-corrected chi connectivity index (χ0v) is 11.5. The second-order valence-corrected chi connectivity index (χ2v) is 5.89. The molecule has 20 heavy (non-hydrogen) atoms. The third-order valence-electron chi connectivity index (χ3n) is 3.43. The number of nitro benzene ring substituents is 1. The first-order valence-electron chi connectivity index (χ1n) is 6.33. The first-order chi connectivity index (χ1) is 9.49. The SMILES string of the molecule is O=C(O)c1cc(SCC2CCCC2)c([N+](=O)[O-])cc1F. The van der Waals surface area contributed by atoms with Crippen molar-refractivity contribution in [3.8, 4) is 0 Å². The molecule has 0 heterocycles. The number of carboxylic acid groups (broad SMARTS) is 1. The van der Waals surface area contributed by atoms with Crippen molar-refractivity contribution in [1.82, 2.24) is 0 Å². The molecule has 1 aliphatic carbocycles. The molecule has 0 spiro atoms. The molecule has 0 unspecified atom stereocenters. The van der Waals surface area contributed by atoms with E-state index in [1.807, 2.05) is 0 Å². The zero-order chi connectivity index (χ0) is 14.7.